The first-order chi connectivity index (χ1) is 12.6. The molecule has 0 aromatic heterocycles. The fourth-order valence-electron chi connectivity index (χ4n) is 2.97. The van der Waals surface area contributed by atoms with Crippen molar-refractivity contribution < 1.29 is 36.2 Å². The van der Waals surface area contributed by atoms with E-state index in [1.165, 1.54) is 38.5 Å². The number of hydrogen-bond donors (Lipinski definition) is 0. The van der Waals surface area contributed by atoms with E-state index in [4.69, 9.17) is 9.47 Å². The lowest BCUT2D eigenvalue weighted by molar-refractivity contribution is -0.162. The van der Waals surface area contributed by atoms with E-state index in [1.807, 2.05) is 0 Å². The molecule has 1 aliphatic rings. The van der Waals surface area contributed by atoms with Gasteiger partial charge >= 0.3 is 18.0 Å². The van der Waals surface area contributed by atoms with Crippen molar-refractivity contribution in [3.8, 4) is 11.5 Å². The number of hydrogen-bond acceptors (Lipinski definition) is 3. The van der Waals surface area contributed by atoms with Crippen LogP contribution in [-0.2, 0) is 11.0 Å². The smallest absolute Gasteiger partial charge is 0.416 e. The van der Waals surface area contributed by atoms with E-state index < -0.39 is 29.6 Å². The molecule has 1 fully saturated rings. The van der Waals surface area contributed by atoms with E-state index in [-0.39, 0.29) is 17.0 Å². The van der Waals surface area contributed by atoms with E-state index in [2.05, 4.69) is 0 Å². The molecule has 0 aliphatic carbocycles. The molecule has 2 aromatic rings. The van der Waals surface area contributed by atoms with E-state index >= 15 is 0 Å². The maximum absolute atomic E-state index is 14.3. The third-order valence-corrected chi connectivity index (χ3v) is 4.28. The number of benzene rings is 2. The average Bonchev–Trinajstić information content (AvgIpc) is 2.64. The van der Waals surface area contributed by atoms with Gasteiger partial charge in [0.15, 0.2) is 11.5 Å². The molecule has 4 nitrogen and oxygen atoms in total. The highest BCUT2D eigenvalue weighted by molar-refractivity contribution is 6.07. The third kappa shape index (κ3) is 3.07. The molecular weight excluding hydrogens is 373 g/mol. The van der Waals surface area contributed by atoms with Crippen molar-refractivity contribution >= 4 is 11.6 Å². The molecule has 9 heteroatoms. The number of halogens is 5. The lowest BCUT2D eigenvalue weighted by Crippen LogP contribution is -2.64. The number of β-lactam (4-membered cyclic amide) rings is 1. The normalized spacial score (nSPS) is 18.9. The molecule has 0 saturated carbocycles. The minimum absolute atomic E-state index is 0.00895. The first kappa shape index (κ1) is 18.9. The number of alkyl halides is 5. The summed E-state index contributed by atoms with van der Waals surface area (Å²) in [6, 6.07) is 5.92. The maximum atomic E-state index is 14.3. The first-order valence-electron chi connectivity index (χ1n) is 7.72. The predicted octanol–water partition coefficient (Wildman–Crippen LogP) is 4.45. The van der Waals surface area contributed by atoms with Crippen LogP contribution in [-0.4, -0.2) is 26.0 Å². The molecule has 1 saturated heterocycles. The van der Waals surface area contributed by atoms with E-state index in [0.717, 1.165) is 12.1 Å². The number of carbonyl (C=O) groups is 1. The Morgan fingerprint density at radius 2 is 1.67 bits per heavy atom. The van der Waals surface area contributed by atoms with Crippen LogP contribution in [0.1, 0.15) is 17.2 Å². The van der Waals surface area contributed by atoms with Crippen molar-refractivity contribution in [2.45, 2.75) is 18.1 Å². The highest BCUT2D eigenvalue weighted by Crippen LogP contribution is 2.51. The topological polar surface area (TPSA) is 38.8 Å². The summed E-state index contributed by atoms with van der Waals surface area (Å²) >= 11 is 0. The average molecular weight is 387 g/mol. The molecule has 1 amide bonds. The lowest BCUT2D eigenvalue weighted by atomic mass is 9.88. The van der Waals surface area contributed by atoms with Crippen LogP contribution < -0.4 is 14.4 Å². The standard InChI is InChI=1S/C18H14F5NO3/c1-26-13-7-6-10(8-14(13)27-2)15-17(19,20)16(25)24(15)12-5-3-4-11(9-12)18(21,22)23/h3-9,15H,1-2H3. The highest BCUT2D eigenvalue weighted by Gasteiger charge is 2.64. The summed E-state index contributed by atoms with van der Waals surface area (Å²) in [5.74, 6) is -4.87. The van der Waals surface area contributed by atoms with Crippen LogP contribution in [0, 0.1) is 0 Å². The molecule has 27 heavy (non-hydrogen) atoms. The molecule has 0 spiro atoms. The number of methoxy groups -OCH3 is 2. The summed E-state index contributed by atoms with van der Waals surface area (Å²) in [6.07, 6.45) is -4.66. The molecule has 0 radical (unpaired) electrons. The van der Waals surface area contributed by atoms with E-state index in [9.17, 15) is 26.7 Å². The van der Waals surface area contributed by atoms with Crippen LogP contribution in [0.15, 0.2) is 42.5 Å². The zero-order valence-corrected chi connectivity index (χ0v) is 14.2. The highest BCUT2D eigenvalue weighted by atomic mass is 19.4. The van der Waals surface area contributed by atoms with Gasteiger partial charge in [0.05, 0.1) is 19.8 Å². The van der Waals surface area contributed by atoms with Crippen molar-refractivity contribution in [3.05, 3.63) is 53.6 Å². The molecule has 2 aromatic carbocycles. The van der Waals surface area contributed by atoms with Gasteiger partial charge in [0.25, 0.3) is 0 Å². The van der Waals surface area contributed by atoms with Gasteiger partial charge in [-0.15, -0.1) is 0 Å². The summed E-state index contributed by atoms with van der Waals surface area (Å²) in [4.78, 5) is 12.6. The van der Waals surface area contributed by atoms with Crippen LogP contribution >= 0.6 is 0 Å². The van der Waals surface area contributed by atoms with Gasteiger partial charge in [-0.25, -0.2) is 0 Å². The Morgan fingerprint density at radius 1 is 1.00 bits per heavy atom. The number of rotatable bonds is 4. The molecular formula is C18H14F5NO3. The van der Waals surface area contributed by atoms with Crippen molar-refractivity contribution in [2.24, 2.45) is 0 Å². The summed E-state index contributed by atoms with van der Waals surface area (Å²) in [5, 5.41) is 0. The number of ether oxygens (including phenoxy) is 2. The molecule has 0 N–H and O–H groups in total. The quantitative estimate of drug-likeness (QED) is 0.575. The Bertz CT molecular complexity index is 882. The molecule has 1 heterocycles. The van der Waals surface area contributed by atoms with Crippen molar-refractivity contribution in [1.29, 1.82) is 0 Å². The minimum Gasteiger partial charge on any atom is -0.493 e. The molecule has 0 bridgehead atoms. The van der Waals surface area contributed by atoms with Gasteiger partial charge in [0, 0.05) is 5.69 Å². The summed E-state index contributed by atoms with van der Waals surface area (Å²) in [6.45, 7) is 0. The monoisotopic (exact) mass is 387 g/mol. The Balaban J connectivity index is 2.05. The maximum Gasteiger partial charge on any atom is 0.416 e. The van der Waals surface area contributed by atoms with Crippen molar-refractivity contribution in [2.75, 3.05) is 19.1 Å². The summed E-state index contributed by atoms with van der Waals surface area (Å²) in [5.41, 5.74) is -1.29. The molecule has 1 unspecified atom stereocenters. The van der Waals surface area contributed by atoms with Gasteiger partial charge in [0.1, 0.15) is 6.04 Å². The number of amides is 1. The van der Waals surface area contributed by atoms with E-state index in [1.54, 1.807) is 0 Å². The van der Waals surface area contributed by atoms with Gasteiger partial charge in [-0.1, -0.05) is 12.1 Å². The Kier molecular flexibility index (Phi) is 4.49. The summed E-state index contributed by atoms with van der Waals surface area (Å²) in [7, 11) is 2.68. The van der Waals surface area contributed by atoms with Crippen molar-refractivity contribution in [3.63, 3.8) is 0 Å². The fraction of sp³-hybridized carbons (Fsp3) is 0.278. The number of nitrogens with zero attached hydrogens (tertiary/aromatic N) is 1. The zero-order valence-electron chi connectivity index (χ0n) is 14.2. The summed E-state index contributed by atoms with van der Waals surface area (Å²) < 4.78 is 77.5. The lowest BCUT2D eigenvalue weighted by Gasteiger charge is -2.46. The van der Waals surface area contributed by atoms with Crippen molar-refractivity contribution in [1.82, 2.24) is 0 Å². The van der Waals surface area contributed by atoms with E-state index in [0.29, 0.717) is 16.7 Å². The van der Waals surface area contributed by atoms with Crippen LogP contribution in [0.5, 0.6) is 11.5 Å². The SMILES string of the molecule is COc1ccc(C2N(c3cccc(C(F)(F)F)c3)C(=O)C2(F)F)cc1OC. The van der Waals surface area contributed by atoms with Gasteiger partial charge in [-0.05, 0) is 35.9 Å². The first-order valence-corrected chi connectivity index (χ1v) is 7.72. The molecule has 3 rings (SSSR count). The Hall–Kier alpha value is -2.84. The second-order valence-electron chi connectivity index (χ2n) is 5.86. The Morgan fingerprint density at radius 3 is 2.26 bits per heavy atom. The predicted molar refractivity (Wildman–Crippen MR) is 86.2 cm³/mol. The number of anilines is 1. The largest absolute Gasteiger partial charge is 0.493 e. The minimum atomic E-state index is -4.66. The van der Waals surface area contributed by atoms with Crippen LogP contribution in [0.3, 0.4) is 0 Å². The number of carbonyl (C=O) groups excluding carboxylic acids is 1. The van der Waals surface area contributed by atoms with Crippen LogP contribution in [0.4, 0.5) is 27.6 Å². The second-order valence-corrected chi connectivity index (χ2v) is 5.86. The molecule has 1 aliphatic heterocycles. The van der Waals surface area contributed by atoms with Gasteiger partial charge in [-0.3, -0.25) is 9.69 Å². The fourth-order valence-corrected chi connectivity index (χ4v) is 2.97. The Labute approximate surface area is 151 Å². The van der Waals surface area contributed by atoms with Gasteiger partial charge < -0.3 is 9.47 Å². The van der Waals surface area contributed by atoms with Crippen LogP contribution in [0.2, 0.25) is 0 Å². The second kappa shape index (κ2) is 6.40. The molecule has 1 atom stereocenters. The zero-order chi connectivity index (χ0) is 20.0. The molecule has 144 valence electrons. The van der Waals surface area contributed by atoms with Gasteiger partial charge in [-0.2, -0.15) is 22.0 Å². The van der Waals surface area contributed by atoms with Crippen LogP contribution in [0.25, 0.3) is 0 Å². The van der Waals surface area contributed by atoms with Gasteiger partial charge in [0.2, 0.25) is 0 Å². The third-order valence-electron chi connectivity index (χ3n) is 4.28.